The number of carbonyl (C=O) groups excluding carboxylic acids is 2. The quantitative estimate of drug-likeness (QED) is 0.807. The van der Waals surface area contributed by atoms with Crippen LogP contribution in [0.15, 0.2) is 34.2 Å². The Morgan fingerprint density at radius 2 is 2.13 bits per heavy atom. The topological polar surface area (TPSA) is 94.9 Å². The molecule has 1 atom stereocenters. The number of allylic oxidation sites excluding steroid dienone is 1. The molecule has 120 valence electrons. The van der Waals surface area contributed by atoms with Crippen molar-refractivity contribution in [3.8, 4) is 6.07 Å². The number of alkyl halides is 3. The van der Waals surface area contributed by atoms with Gasteiger partial charge in [0.1, 0.15) is 0 Å². The fourth-order valence-electron chi connectivity index (χ4n) is 2.13. The zero-order chi connectivity index (χ0) is 17.4. The van der Waals surface area contributed by atoms with Crippen molar-refractivity contribution in [3.63, 3.8) is 0 Å². The molecular weight excluding hydrogens is 381 g/mol. The van der Waals surface area contributed by atoms with Crippen LogP contribution in [0.2, 0.25) is 0 Å². The minimum atomic E-state index is -5.20. The average molecular weight is 389 g/mol. The number of carbonyl (C=O) groups is 2. The minimum Gasteiger partial charge on any atom is -0.326 e. The summed E-state index contributed by atoms with van der Waals surface area (Å²) in [7, 11) is 0. The molecule has 0 fully saturated rings. The van der Waals surface area contributed by atoms with Gasteiger partial charge in [0.05, 0.1) is 17.2 Å². The molecule has 2 amide bonds. The molecule has 23 heavy (non-hydrogen) atoms. The van der Waals surface area contributed by atoms with E-state index in [2.05, 4.69) is 20.9 Å². The summed E-state index contributed by atoms with van der Waals surface area (Å²) in [5.74, 6) is -2.72. The van der Waals surface area contributed by atoms with Crippen LogP contribution in [0.25, 0.3) is 0 Å². The van der Waals surface area contributed by atoms with Gasteiger partial charge in [0.25, 0.3) is 17.4 Å². The Morgan fingerprint density at radius 1 is 1.48 bits per heavy atom. The summed E-state index contributed by atoms with van der Waals surface area (Å²) in [5.41, 5.74) is -4.78. The second-order valence-electron chi connectivity index (χ2n) is 4.66. The molecule has 0 saturated heterocycles. The number of pyridine rings is 1. The van der Waals surface area contributed by atoms with E-state index >= 15 is 0 Å². The molecule has 10 heteroatoms. The first kappa shape index (κ1) is 17.0. The van der Waals surface area contributed by atoms with Gasteiger partial charge in [-0.05, 0) is 28.9 Å². The molecule has 1 aromatic rings. The van der Waals surface area contributed by atoms with Crippen LogP contribution in [0.3, 0.4) is 0 Å². The number of amides is 2. The second kappa shape index (κ2) is 5.66. The lowest BCUT2D eigenvalue weighted by atomic mass is 9.90. The first-order valence-electron chi connectivity index (χ1n) is 6.06. The summed E-state index contributed by atoms with van der Waals surface area (Å²) < 4.78 is 41.0. The largest absolute Gasteiger partial charge is 0.425 e. The molecule has 6 nitrogen and oxygen atoms in total. The molecule has 1 unspecified atom stereocenters. The minimum absolute atomic E-state index is 0.197. The zero-order valence-electron chi connectivity index (χ0n) is 11.5. The molecule has 1 aliphatic rings. The fourth-order valence-corrected chi connectivity index (χ4v) is 2.49. The number of rotatable bonds is 2. The normalized spacial score (nSPS) is 21.0. The molecule has 0 aliphatic carbocycles. The number of nitriles is 1. The van der Waals surface area contributed by atoms with E-state index in [4.69, 9.17) is 5.26 Å². The van der Waals surface area contributed by atoms with E-state index in [9.17, 15) is 22.8 Å². The molecule has 1 aromatic heterocycles. The summed E-state index contributed by atoms with van der Waals surface area (Å²) in [6, 6.07) is 2.58. The summed E-state index contributed by atoms with van der Waals surface area (Å²) in [4.78, 5) is 27.7. The fraction of sp³-hybridized carbons (Fsp3) is 0.231. The summed E-state index contributed by atoms with van der Waals surface area (Å²) in [6.45, 7) is 1.15. The van der Waals surface area contributed by atoms with Crippen molar-refractivity contribution in [2.24, 2.45) is 0 Å². The van der Waals surface area contributed by atoms with Crippen LogP contribution in [0.4, 0.5) is 13.2 Å². The maximum absolute atomic E-state index is 13.5. The van der Waals surface area contributed by atoms with Gasteiger partial charge in [0.15, 0.2) is 0 Å². The van der Waals surface area contributed by atoms with Crippen LogP contribution in [0.1, 0.15) is 17.3 Å². The molecule has 0 saturated carbocycles. The molecule has 0 aromatic carbocycles. The van der Waals surface area contributed by atoms with Crippen LogP contribution in [0.5, 0.6) is 0 Å². The Bertz CT molecular complexity index is 769. The van der Waals surface area contributed by atoms with Gasteiger partial charge in [0, 0.05) is 22.6 Å². The number of hydrogen-bond acceptors (Lipinski definition) is 4. The molecule has 1 aliphatic heterocycles. The number of aromatic nitrogens is 1. The Morgan fingerprint density at radius 3 is 2.65 bits per heavy atom. The molecule has 2 rings (SSSR count). The SMILES string of the molecule is CC1=C(C#N)C(NC(=O)c2cncc(Br)c2)(C(F)(F)F)C(=O)N1. The van der Waals surface area contributed by atoms with Crippen LogP contribution in [-0.2, 0) is 4.79 Å². The van der Waals surface area contributed by atoms with Crippen LogP contribution < -0.4 is 10.6 Å². The van der Waals surface area contributed by atoms with Crippen molar-refractivity contribution in [3.05, 3.63) is 39.8 Å². The van der Waals surface area contributed by atoms with E-state index in [1.165, 1.54) is 18.3 Å². The molecule has 2 N–H and O–H groups in total. The van der Waals surface area contributed by atoms with Crippen LogP contribution in [-0.4, -0.2) is 28.5 Å². The zero-order valence-corrected chi connectivity index (χ0v) is 13.0. The average Bonchev–Trinajstić information content (AvgIpc) is 2.69. The third-order valence-electron chi connectivity index (χ3n) is 3.20. The Balaban J connectivity index is 2.53. The first-order valence-corrected chi connectivity index (χ1v) is 6.85. The van der Waals surface area contributed by atoms with Crippen molar-refractivity contribution < 1.29 is 22.8 Å². The molecule has 0 bridgehead atoms. The summed E-state index contributed by atoms with van der Waals surface area (Å²) in [6.07, 6.45) is -2.82. The maximum Gasteiger partial charge on any atom is 0.425 e. The number of nitrogens with zero attached hydrogens (tertiary/aromatic N) is 2. The number of hydrogen-bond donors (Lipinski definition) is 2. The molecule has 0 spiro atoms. The number of halogens is 4. The second-order valence-corrected chi connectivity index (χ2v) is 5.58. The highest BCUT2D eigenvalue weighted by molar-refractivity contribution is 9.10. The van der Waals surface area contributed by atoms with Gasteiger partial charge in [-0.25, -0.2) is 0 Å². The molecule has 0 radical (unpaired) electrons. The highest BCUT2D eigenvalue weighted by atomic mass is 79.9. The third kappa shape index (κ3) is 2.68. The van der Waals surface area contributed by atoms with E-state index in [0.29, 0.717) is 4.47 Å². The Labute approximate surface area is 136 Å². The summed E-state index contributed by atoms with van der Waals surface area (Å²) in [5, 5.41) is 12.6. The lowest BCUT2D eigenvalue weighted by Crippen LogP contribution is -2.64. The van der Waals surface area contributed by atoms with Crippen LogP contribution >= 0.6 is 15.9 Å². The first-order chi connectivity index (χ1) is 10.6. The lowest BCUT2D eigenvalue weighted by Gasteiger charge is -2.30. The third-order valence-corrected chi connectivity index (χ3v) is 3.63. The van der Waals surface area contributed by atoms with Gasteiger partial charge in [-0.1, -0.05) is 0 Å². The molecule has 2 heterocycles. The van der Waals surface area contributed by atoms with Crippen molar-refractivity contribution in [1.82, 2.24) is 15.6 Å². The highest BCUT2D eigenvalue weighted by Crippen LogP contribution is 2.40. The summed E-state index contributed by atoms with van der Waals surface area (Å²) >= 11 is 3.04. The van der Waals surface area contributed by atoms with Gasteiger partial charge in [-0.2, -0.15) is 18.4 Å². The van der Waals surface area contributed by atoms with Gasteiger partial charge < -0.3 is 10.6 Å². The van der Waals surface area contributed by atoms with Crippen molar-refractivity contribution >= 4 is 27.7 Å². The standard InChI is InChI=1S/C13H8BrF3N4O2/c1-6-9(3-18)12(11(23)20-6,13(15,16)17)21-10(22)7-2-8(14)5-19-4-7/h2,4-5H,1H3,(H,20,23)(H,21,22). The van der Waals surface area contributed by atoms with Gasteiger partial charge in [-0.3, -0.25) is 14.6 Å². The lowest BCUT2D eigenvalue weighted by molar-refractivity contribution is -0.184. The van der Waals surface area contributed by atoms with Gasteiger partial charge in [0.2, 0.25) is 0 Å². The van der Waals surface area contributed by atoms with Crippen molar-refractivity contribution in [2.75, 3.05) is 0 Å². The van der Waals surface area contributed by atoms with E-state index in [-0.39, 0.29) is 11.3 Å². The van der Waals surface area contributed by atoms with Crippen molar-refractivity contribution in [1.29, 1.82) is 5.26 Å². The van der Waals surface area contributed by atoms with Crippen molar-refractivity contribution in [2.45, 2.75) is 18.6 Å². The number of nitrogens with one attached hydrogen (secondary N) is 2. The maximum atomic E-state index is 13.5. The van der Waals surface area contributed by atoms with E-state index in [1.54, 1.807) is 5.32 Å². The van der Waals surface area contributed by atoms with E-state index in [0.717, 1.165) is 13.1 Å². The Hall–Kier alpha value is -2.41. The predicted octanol–water partition coefficient (Wildman–Crippen LogP) is 1.80. The highest BCUT2D eigenvalue weighted by Gasteiger charge is 2.67. The Kier molecular flexibility index (Phi) is 4.17. The molecular formula is C13H8BrF3N4O2. The van der Waals surface area contributed by atoms with Gasteiger partial charge in [-0.15, -0.1) is 0 Å². The van der Waals surface area contributed by atoms with E-state index in [1.807, 2.05) is 5.32 Å². The van der Waals surface area contributed by atoms with Gasteiger partial charge >= 0.3 is 6.18 Å². The van der Waals surface area contributed by atoms with E-state index < -0.39 is 29.1 Å². The monoisotopic (exact) mass is 388 g/mol. The smallest absolute Gasteiger partial charge is 0.326 e. The van der Waals surface area contributed by atoms with Crippen LogP contribution in [0, 0.1) is 11.3 Å². The predicted molar refractivity (Wildman–Crippen MR) is 74.6 cm³/mol.